The molecular formula is C23H32N6O3. The first kappa shape index (κ1) is 23.6. The average molecular weight is 441 g/mol. The zero-order valence-corrected chi connectivity index (χ0v) is 19.5. The van der Waals surface area contributed by atoms with Crippen molar-refractivity contribution in [2.45, 2.75) is 64.3 Å². The Morgan fingerprint density at radius 2 is 2.09 bits per heavy atom. The van der Waals surface area contributed by atoms with E-state index < -0.39 is 17.7 Å². The number of amides is 1. The molecular weight excluding hydrogens is 408 g/mol. The Labute approximate surface area is 190 Å². The SMILES string of the molecule is C#C[C@H]1CN(c2cc(OC[C@@H]3CCCN3C)nc(C#N)n2)C[C@H](C)N1C(=O)OC(C)(C)C. The van der Waals surface area contributed by atoms with Crippen molar-refractivity contribution < 1.29 is 14.3 Å². The largest absolute Gasteiger partial charge is 0.476 e. The number of carbonyl (C=O) groups is 1. The van der Waals surface area contributed by atoms with Gasteiger partial charge in [0.1, 0.15) is 30.1 Å². The lowest BCUT2D eigenvalue weighted by molar-refractivity contribution is 0.00962. The molecule has 1 amide bonds. The summed E-state index contributed by atoms with van der Waals surface area (Å²) in [6.07, 6.45) is 7.57. The number of rotatable bonds is 4. The molecule has 9 nitrogen and oxygen atoms in total. The molecule has 0 N–H and O–H groups in total. The van der Waals surface area contributed by atoms with E-state index >= 15 is 0 Å². The summed E-state index contributed by atoms with van der Waals surface area (Å²) in [6, 6.07) is 3.37. The number of hydrogen-bond acceptors (Lipinski definition) is 8. The van der Waals surface area contributed by atoms with Gasteiger partial charge in [0.2, 0.25) is 11.7 Å². The van der Waals surface area contributed by atoms with E-state index in [0.717, 1.165) is 19.4 Å². The van der Waals surface area contributed by atoms with Gasteiger partial charge in [0.05, 0.1) is 12.6 Å². The van der Waals surface area contributed by atoms with E-state index in [1.165, 1.54) is 0 Å². The molecule has 3 atom stereocenters. The number of likely N-dealkylation sites (tertiary alicyclic amines) is 1. The van der Waals surface area contributed by atoms with Crippen LogP contribution in [-0.2, 0) is 4.74 Å². The summed E-state index contributed by atoms with van der Waals surface area (Å²) in [5.74, 6) is 3.66. The summed E-state index contributed by atoms with van der Waals surface area (Å²) in [4.78, 5) is 27.1. The molecule has 2 aliphatic heterocycles. The van der Waals surface area contributed by atoms with Gasteiger partial charge in [0.25, 0.3) is 0 Å². The second kappa shape index (κ2) is 9.62. The number of carbonyl (C=O) groups excluding carboxylic acids is 1. The van der Waals surface area contributed by atoms with Crippen molar-refractivity contribution in [2.24, 2.45) is 0 Å². The van der Waals surface area contributed by atoms with Crippen LogP contribution in [-0.4, -0.2) is 82.9 Å². The van der Waals surface area contributed by atoms with Crippen molar-refractivity contribution in [3.05, 3.63) is 11.9 Å². The number of nitrogens with zero attached hydrogens (tertiary/aromatic N) is 6. The fraction of sp³-hybridized carbons (Fsp3) is 0.652. The van der Waals surface area contributed by atoms with Gasteiger partial charge >= 0.3 is 6.09 Å². The molecule has 0 radical (unpaired) electrons. The molecule has 0 aliphatic carbocycles. The maximum atomic E-state index is 12.7. The summed E-state index contributed by atoms with van der Waals surface area (Å²) >= 11 is 0. The van der Waals surface area contributed by atoms with Gasteiger partial charge in [-0.15, -0.1) is 6.42 Å². The van der Waals surface area contributed by atoms with E-state index in [1.807, 2.05) is 38.7 Å². The summed E-state index contributed by atoms with van der Waals surface area (Å²) < 4.78 is 11.5. The molecule has 9 heteroatoms. The Morgan fingerprint density at radius 3 is 2.69 bits per heavy atom. The Kier molecular flexibility index (Phi) is 7.10. The maximum absolute atomic E-state index is 12.7. The van der Waals surface area contributed by atoms with Gasteiger partial charge in [0, 0.05) is 18.7 Å². The van der Waals surface area contributed by atoms with Crippen molar-refractivity contribution in [1.29, 1.82) is 5.26 Å². The zero-order valence-electron chi connectivity index (χ0n) is 19.5. The van der Waals surface area contributed by atoms with Gasteiger partial charge in [0.15, 0.2) is 0 Å². The van der Waals surface area contributed by atoms with Gasteiger partial charge in [-0.05, 0) is 54.1 Å². The third-order valence-electron chi connectivity index (χ3n) is 5.69. The highest BCUT2D eigenvalue weighted by atomic mass is 16.6. The normalized spacial score (nSPS) is 24.0. The van der Waals surface area contributed by atoms with E-state index in [-0.39, 0.29) is 11.9 Å². The molecule has 0 unspecified atom stereocenters. The van der Waals surface area contributed by atoms with Gasteiger partial charge < -0.3 is 19.3 Å². The zero-order chi connectivity index (χ0) is 23.5. The van der Waals surface area contributed by atoms with Crippen molar-refractivity contribution in [2.75, 3.05) is 38.2 Å². The van der Waals surface area contributed by atoms with E-state index in [9.17, 15) is 10.1 Å². The second-order valence-electron chi connectivity index (χ2n) is 9.41. The highest BCUT2D eigenvalue weighted by molar-refractivity contribution is 5.70. The smallest absolute Gasteiger partial charge is 0.411 e. The molecule has 172 valence electrons. The predicted octanol–water partition coefficient (Wildman–Crippen LogP) is 2.27. The van der Waals surface area contributed by atoms with Crippen molar-refractivity contribution in [3.8, 4) is 24.3 Å². The van der Waals surface area contributed by atoms with Gasteiger partial charge in [-0.1, -0.05) is 5.92 Å². The fourth-order valence-corrected chi connectivity index (χ4v) is 4.10. The molecule has 32 heavy (non-hydrogen) atoms. The van der Waals surface area contributed by atoms with E-state index in [2.05, 4.69) is 27.8 Å². The quantitative estimate of drug-likeness (QED) is 0.658. The van der Waals surface area contributed by atoms with Crippen LogP contribution in [0.15, 0.2) is 6.07 Å². The summed E-state index contributed by atoms with van der Waals surface area (Å²) in [5, 5.41) is 9.42. The molecule has 0 saturated carbocycles. The molecule has 2 aliphatic rings. The van der Waals surface area contributed by atoms with Crippen molar-refractivity contribution >= 4 is 11.9 Å². The van der Waals surface area contributed by atoms with Crippen molar-refractivity contribution in [1.82, 2.24) is 19.8 Å². The number of piperazine rings is 1. The van der Waals surface area contributed by atoms with Crippen LogP contribution in [0.3, 0.4) is 0 Å². The lowest BCUT2D eigenvalue weighted by Gasteiger charge is -2.44. The highest BCUT2D eigenvalue weighted by Gasteiger charge is 2.37. The Bertz CT molecular complexity index is 916. The first-order valence-corrected chi connectivity index (χ1v) is 11.0. The number of hydrogen-bond donors (Lipinski definition) is 0. The first-order chi connectivity index (χ1) is 15.1. The van der Waals surface area contributed by atoms with E-state index in [1.54, 1.807) is 11.0 Å². The van der Waals surface area contributed by atoms with Gasteiger partial charge in [-0.3, -0.25) is 4.90 Å². The highest BCUT2D eigenvalue weighted by Crippen LogP contribution is 2.26. The lowest BCUT2D eigenvalue weighted by Crippen LogP contribution is -2.60. The van der Waals surface area contributed by atoms with Crippen LogP contribution in [0.4, 0.5) is 10.6 Å². The minimum Gasteiger partial charge on any atom is -0.476 e. The van der Waals surface area contributed by atoms with E-state index in [4.69, 9.17) is 15.9 Å². The topological polar surface area (TPSA) is 94.8 Å². The van der Waals surface area contributed by atoms with Crippen LogP contribution in [0.1, 0.15) is 46.4 Å². The Balaban J connectivity index is 1.76. The minimum absolute atomic E-state index is 0.0387. The van der Waals surface area contributed by atoms with Crippen molar-refractivity contribution in [3.63, 3.8) is 0 Å². The molecule has 3 heterocycles. The number of terminal acetylenes is 1. The minimum atomic E-state index is -0.610. The average Bonchev–Trinajstić information content (AvgIpc) is 3.14. The molecule has 1 aromatic rings. The van der Waals surface area contributed by atoms with Crippen LogP contribution in [0, 0.1) is 23.7 Å². The van der Waals surface area contributed by atoms with Crippen LogP contribution in [0.25, 0.3) is 0 Å². The molecule has 3 rings (SSSR count). The lowest BCUT2D eigenvalue weighted by atomic mass is 10.1. The molecule has 0 aromatic carbocycles. The summed E-state index contributed by atoms with van der Waals surface area (Å²) in [5.41, 5.74) is -0.610. The van der Waals surface area contributed by atoms with Crippen LogP contribution < -0.4 is 9.64 Å². The van der Waals surface area contributed by atoms with Crippen LogP contribution >= 0.6 is 0 Å². The van der Waals surface area contributed by atoms with Gasteiger partial charge in [-0.2, -0.15) is 10.2 Å². The predicted molar refractivity (Wildman–Crippen MR) is 120 cm³/mol. The number of likely N-dealkylation sites (N-methyl/N-ethyl adjacent to an activating group) is 1. The standard InChI is InChI=1S/C23H32N6O3/c1-7-17-14-28(13-16(2)29(17)22(30)32-23(3,4)5)20-11-21(26-19(12-24)25-20)31-15-18-9-8-10-27(18)6/h1,11,16-18H,8-10,13-15H2,2-6H3/t16-,17-,18-/m0/s1. The Morgan fingerprint density at radius 1 is 1.34 bits per heavy atom. The number of aromatic nitrogens is 2. The summed E-state index contributed by atoms with van der Waals surface area (Å²) in [6.45, 7) is 9.81. The molecule has 0 bridgehead atoms. The maximum Gasteiger partial charge on any atom is 0.411 e. The van der Waals surface area contributed by atoms with Crippen LogP contribution in [0.5, 0.6) is 5.88 Å². The number of anilines is 1. The second-order valence-corrected chi connectivity index (χ2v) is 9.41. The fourth-order valence-electron chi connectivity index (χ4n) is 4.10. The molecule has 2 saturated heterocycles. The first-order valence-electron chi connectivity index (χ1n) is 11.0. The third-order valence-corrected chi connectivity index (χ3v) is 5.69. The molecule has 0 spiro atoms. The summed E-state index contributed by atoms with van der Waals surface area (Å²) in [7, 11) is 2.08. The number of nitriles is 1. The third kappa shape index (κ3) is 5.60. The Hall–Kier alpha value is -3.04. The van der Waals surface area contributed by atoms with Gasteiger partial charge in [-0.25, -0.2) is 9.78 Å². The monoisotopic (exact) mass is 440 g/mol. The molecule has 2 fully saturated rings. The number of ether oxygens (including phenoxy) is 2. The molecule has 1 aromatic heterocycles. The van der Waals surface area contributed by atoms with E-state index in [0.29, 0.717) is 37.4 Å². The van der Waals surface area contributed by atoms with Crippen LogP contribution in [0.2, 0.25) is 0 Å².